The summed E-state index contributed by atoms with van der Waals surface area (Å²) in [4.78, 5) is 15.5. The van der Waals surface area contributed by atoms with Crippen molar-refractivity contribution in [3.63, 3.8) is 0 Å². The molecule has 6 nitrogen and oxygen atoms in total. The maximum atomic E-state index is 13.0. The van der Waals surface area contributed by atoms with Crippen LogP contribution >= 0.6 is 11.8 Å². The zero-order valence-electron chi connectivity index (χ0n) is 15.1. The van der Waals surface area contributed by atoms with Crippen molar-refractivity contribution in [1.82, 2.24) is 25.6 Å². The number of alkyl halides is 6. The number of carbonyl (C=O) groups excluding carboxylic acids is 1. The first-order valence-electron chi connectivity index (χ1n) is 8.55. The predicted octanol–water partition coefficient (Wildman–Crippen LogP) is 3.58. The van der Waals surface area contributed by atoms with Crippen molar-refractivity contribution in [1.29, 1.82) is 0 Å². The van der Waals surface area contributed by atoms with E-state index in [2.05, 4.69) is 20.9 Å². The van der Waals surface area contributed by atoms with Gasteiger partial charge in [-0.1, -0.05) is 0 Å². The third-order valence-electron chi connectivity index (χ3n) is 4.06. The summed E-state index contributed by atoms with van der Waals surface area (Å²) in [5.74, 6) is 1.02. The van der Waals surface area contributed by atoms with Gasteiger partial charge in [0.05, 0.1) is 11.1 Å². The van der Waals surface area contributed by atoms with E-state index in [0.29, 0.717) is 12.1 Å². The molecule has 2 N–H and O–H groups in total. The number of hydrogen-bond donors (Lipinski definition) is 2. The van der Waals surface area contributed by atoms with Crippen LogP contribution in [0.4, 0.5) is 26.3 Å². The van der Waals surface area contributed by atoms with Crippen LogP contribution in [0.15, 0.2) is 30.6 Å². The van der Waals surface area contributed by atoms with Crippen molar-refractivity contribution < 1.29 is 31.1 Å². The number of hydrogen-bond acceptors (Lipinski definition) is 5. The van der Waals surface area contributed by atoms with E-state index in [0.717, 1.165) is 35.0 Å². The summed E-state index contributed by atoms with van der Waals surface area (Å²) in [6.45, 7) is 0. The Balaban J connectivity index is 1.75. The molecule has 2 heterocycles. The van der Waals surface area contributed by atoms with E-state index in [1.54, 1.807) is 11.8 Å². The number of hydrazine groups is 1. The molecule has 1 unspecified atom stereocenters. The quantitative estimate of drug-likeness (QED) is 0.413. The van der Waals surface area contributed by atoms with Crippen LogP contribution in [0.3, 0.4) is 0 Å². The minimum atomic E-state index is -4.97. The van der Waals surface area contributed by atoms with E-state index in [-0.39, 0.29) is 17.9 Å². The van der Waals surface area contributed by atoms with Gasteiger partial charge in [0.25, 0.3) is 5.91 Å². The molecule has 0 aliphatic carbocycles. The van der Waals surface area contributed by atoms with Crippen LogP contribution in [-0.2, 0) is 17.1 Å². The first-order chi connectivity index (χ1) is 14.0. The standard InChI is InChI=1S/C17H15F6N5OS/c18-16(19,20)11-5-10(6-12(7-11)17(21,22)23)15-24-9-28(27-15)3-1-14(29)26-25-13-2-4-30-8-13/h1,3,5-7,9,13,25H,2,4,8H2,(H,26,29)/b3-1-. The van der Waals surface area contributed by atoms with Gasteiger partial charge in [-0.3, -0.25) is 10.2 Å². The van der Waals surface area contributed by atoms with Gasteiger partial charge in [0.15, 0.2) is 5.82 Å². The highest BCUT2D eigenvalue weighted by molar-refractivity contribution is 7.99. The van der Waals surface area contributed by atoms with Crippen LogP contribution in [0.2, 0.25) is 0 Å². The molecule has 0 radical (unpaired) electrons. The Bertz CT molecular complexity index is 901. The Labute approximate surface area is 170 Å². The van der Waals surface area contributed by atoms with Crippen LogP contribution in [0.1, 0.15) is 17.5 Å². The van der Waals surface area contributed by atoms with Gasteiger partial charge in [-0.05, 0) is 30.4 Å². The monoisotopic (exact) mass is 451 g/mol. The van der Waals surface area contributed by atoms with Crippen molar-refractivity contribution in [2.45, 2.75) is 24.8 Å². The van der Waals surface area contributed by atoms with Gasteiger partial charge in [-0.25, -0.2) is 15.1 Å². The molecule has 1 saturated heterocycles. The molecule has 1 aliphatic rings. The second kappa shape index (κ2) is 8.68. The summed E-state index contributed by atoms with van der Waals surface area (Å²) in [5.41, 5.74) is 1.96. The lowest BCUT2D eigenvalue weighted by Gasteiger charge is -2.13. The minimum Gasteiger partial charge on any atom is -0.288 e. The first kappa shape index (κ1) is 22.2. The molecule has 1 fully saturated rings. The molecule has 0 spiro atoms. The highest BCUT2D eigenvalue weighted by Crippen LogP contribution is 2.38. The molecule has 3 rings (SSSR count). The number of rotatable bonds is 5. The van der Waals surface area contributed by atoms with E-state index >= 15 is 0 Å². The molecule has 1 aromatic heterocycles. The van der Waals surface area contributed by atoms with Gasteiger partial charge >= 0.3 is 12.4 Å². The molecule has 1 amide bonds. The number of nitrogens with zero attached hydrogens (tertiary/aromatic N) is 3. The lowest BCUT2D eigenvalue weighted by atomic mass is 10.0. The van der Waals surface area contributed by atoms with Gasteiger partial charge in [0, 0.05) is 29.6 Å². The second-order valence-corrected chi connectivity index (χ2v) is 7.50. The molecule has 0 saturated carbocycles. The van der Waals surface area contributed by atoms with Gasteiger partial charge in [-0.15, -0.1) is 5.10 Å². The van der Waals surface area contributed by atoms with Crippen molar-refractivity contribution in [2.24, 2.45) is 0 Å². The number of thioether (sulfide) groups is 1. The van der Waals surface area contributed by atoms with E-state index < -0.39 is 35.0 Å². The third-order valence-corrected chi connectivity index (χ3v) is 5.22. The average molecular weight is 451 g/mol. The Morgan fingerprint density at radius 3 is 2.37 bits per heavy atom. The van der Waals surface area contributed by atoms with Crippen molar-refractivity contribution in [2.75, 3.05) is 11.5 Å². The van der Waals surface area contributed by atoms with Crippen molar-refractivity contribution in [3.8, 4) is 11.4 Å². The Kier molecular flexibility index (Phi) is 6.41. The molecule has 1 aromatic carbocycles. The van der Waals surface area contributed by atoms with Gasteiger partial charge in [-0.2, -0.15) is 38.1 Å². The molecule has 0 bridgehead atoms. The summed E-state index contributed by atoms with van der Waals surface area (Å²) in [6.07, 6.45) is -5.69. The minimum absolute atomic E-state index is 0.0284. The van der Waals surface area contributed by atoms with E-state index in [4.69, 9.17) is 0 Å². The SMILES string of the molecule is O=C(/C=C\n1cnc(-c2cc(C(F)(F)F)cc(C(F)(F)F)c2)n1)NNC1CCSC1. The largest absolute Gasteiger partial charge is 0.416 e. The lowest BCUT2D eigenvalue weighted by Crippen LogP contribution is -2.43. The fourth-order valence-corrected chi connectivity index (χ4v) is 3.72. The summed E-state index contributed by atoms with van der Waals surface area (Å²) in [7, 11) is 0. The van der Waals surface area contributed by atoms with Crippen LogP contribution in [0, 0.1) is 0 Å². The maximum absolute atomic E-state index is 13.0. The highest BCUT2D eigenvalue weighted by atomic mass is 32.2. The number of benzene rings is 1. The summed E-state index contributed by atoms with van der Waals surface area (Å²) in [6, 6.07) is 1.26. The number of halogens is 6. The third kappa shape index (κ3) is 5.75. The van der Waals surface area contributed by atoms with Crippen LogP contribution in [0.25, 0.3) is 17.6 Å². The molecule has 2 aromatic rings. The van der Waals surface area contributed by atoms with Crippen LogP contribution in [-0.4, -0.2) is 38.2 Å². The fraction of sp³-hybridized carbons (Fsp3) is 0.353. The zero-order chi connectivity index (χ0) is 21.9. The van der Waals surface area contributed by atoms with Crippen molar-refractivity contribution >= 4 is 23.9 Å². The van der Waals surface area contributed by atoms with E-state index in [1.165, 1.54) is 6.20 Å². The average Bonchev–Trinajstić information content (AvgIpc) is 3.35. The molecule has 1 aliphatic heterocycles. The topological polar surface area (TPSA) is 71.8 Å². The summed E-state index contributed by atoms with van der Waals surface area (Å²) >= 11 is 1.75. The molecular weight excluding hydrogens is 436 g/mol. The molecule has 13 heteroatoms. The highest BCUT2D eigenvalue weighted by Gasteiger charge is 2.37. The molecular formula is C17H15F6N5OS. The molecule has 1 atom stereocenters. The fourth-order valence-electron chi connectivity index (χ4n) is 2.57. The lowest BCUT2D eigenvalue weighted by molar-refractivity contribution is -0.143. The normalized spacial score (nSPS) is 17.6. The van der Waals surface area contributed by atoms with Gasteiger partial charge in [0.2, 0.25) is 0 Å². The Morgan fingerprint density at radius 2 is 1.80 bits per heavy atom. The smallest absolute Gasteiger partial charge is 0.288 e. The number of amides is 1. The van der Waals surface area contributed by atoms with Crippen LogP contribution < -0.4 is 10.9 Å². The summed E-state index contributed by atoms with van der Waals surface area (Å²) in [5, 5.41) is 3.82. The predicted molar refractivity (Wildman–Crippen MR) is 97.8 cm³/mol. The van der Waals surface area contributed by atoms with Gasteiger partial charge in [0.1, 0.15) is 6.33 Å². The molecule has 30 heavy (non-hydrogen) atoms. The van der Waals surface area contributed by atoms with E-state index in [1.807, 2.05) is 0 Å². The number of carbonyl (C=O) groups is 1. The Morgan fingerprint density at radius 1 is 1.13 bits per heavy atom. The zero-order valence-corrected chi connectivity index (χ0v) is 15.9. The summed E-state index contributed by atoms with van der Waals surface area (Å²) < 4.78 is 78.9. The maximum Gasteiger partial charge on any atom is 0.416 e. The van der Waals surface area contributed by atoms with Gasteiger partial charge < -0.3 is 0 Å². The number of nitrogens with one attached hydrogen (secondary N) is 2. The first-order valence-corrected chi connectivity index (χ1v) is 9.70. The number of aromatic nitrogens is 3. The van der Waals surface area contributed by atoms with Crippen LogP contribution in [0.5, 0.6) is 0 Å². The molecule has 162 valence electrons. The van der Waals surface area contributed by atoms with E-state index in [9.17, 15) is 31.1 Å². The second-order valence-electron chi connectivity index (χ2n) is 6.35. The Hall–Kier alpha value is -2.54. The van der Waals surface area contributed by atoms with Crippen molar-refractivity contribution in [3.05, 3.63) is 41.7 Å².